The Kier molecular flexibility index (Phi) is 4.95. The van der Waals surface area contributed by atoms with Gasteiger partial charge in [0.2, 0.25) is 0 Å². The van der Waals surface area contributed by atoms with Crippen LogP contribution in [-0.4, -0.2) is 37.0 Å². The predicted octanol–water partition coefficient (Wildman–Crippen LogP) is 3.70. The maximum absolute atomic E-state index is 12.7. The highest BCUT2D eigenvalue weighted by atomic mass is 35.5. The molecule has 0 bridgehead atoms. The Hall–Kier alpha value is -2.53. The van der Waals surface area contributed by atoms with Crippen LogP contribution >= 0.6 is 11.6 Å². The van der Waals surface area contributed by atoms with E-state index < -0.39 is 0 Å². The van der Waals surface area contributed by atoms with Crippen molar-refractivity contribution in [3.05, 3.63) is 64.7 Å². The summed E-state index contributed by atoms with van der Waals surface area (Å²) in [5.41, 5.74) is 2.35. The van der Waals surface area contributed by atoms with Crippen LogP contribution in [0.15, 0.2) is 48.5 Å². The molecule has 1 N–H and O–H groups in total. The number of hydrogen-bond acceptors (Lipinski definition) is 2. The van der Waals surface area contributed by atoms with Crippen molar-refractivity contribution in [3.8, 4) is 0 Å². The van der Waals surface area contributed by atoms with Gasteiger partial charge in [0.25, 0.3) is 5.91 Å². The molecule has 0 aromatic heterocycles. The first-order valence-electron chi connectivity index (χ1n) is 8.15. The average molecular weight is 358 g/mol. The summed E-state index contributed by atoms with van der Waals surface area (Å²) >= 11 is 6.04. The van der Waals surface area contributed by atoms with Crippen molar-refractivity contribution in [2.24, 2.45) is 0 Å². The second-order valence-electron chi connectivity index (χ2n) is 6.08. The molecule has 6 heteroatoms. The number of rotatable bonds is 4. The van der Waals surface area contributed by atoms with Crippen molar-refractivity contribution in [2.45, 2.75) is 13.0 Å². The van der Waals surface area contributed by atoms with Crippen LogP contribution < -0.4 is 10.2 Å². The van der Waals surface area contributed by atoms with Crippen molar-refractivity contribution >= 4 is 29.2 Å². The number of nitrogens with zero attached hydrogens (tertiary/aromatic N) is 2. The number of carbonyl (C=O) groups excluding carboxylic acids is 2. The van der Waals surface area contributed by atoms with Crippen LogP contribution in [0.3, 0.4) is 0 Å². The van der Waals surface area contributed by atoms with Crippen molar-refractivity contribution in [1.29, 1.82) is 0 Å². The number of anilines is 1. The fraction of sp³-hybridized carbons (Fsp3) is 0.263. The Morgan fingerprint density at radius 1 is 1.24 bits per heavy atom. The average Bonchev–Trinajstić information content (AvgIpc) is 3.06. The third-order valence-electron chi connectivity index (χ3n) is 4.52. The van der Waals surface area contributed by atoms with Crippen LogP contribution in [0.2, 0.25) is 5.02 Å². The summed E-state index contributed by atoms with van der Waals surface area (Å²) in [4.78, 5) is 27.8. The number of benzene rings is 2. The molecule has 2 aromatic carbocycles. The molecular formula is C19H20ClN3O2. The lowest BCUT2D eigenvalue weighted by Gasteiger charge is -2.26. The molecule has 1 saturated heterocycles. The topological polar surface area (TPSA) is 52.7 Å². The lowest BCUT2D eigenvalue weighted by atomic mass is 10.1. The molecule has 130 valence electrons. The molecule has 3 amide bonds. The van der Waals surface area contributed by atoms with Crippen LogP contribution in [0.25, 0.3) is 0 Å². The van der Waals surface area contributed by atoms with Crippen molar-refractivity contribution in [3.63, 3.8) is 0 Å². The van der Waals surface area contributed by atoms with Gasteiger partial charge in [-0.15, -0.1) is 0 Å². The zero-order valence-electron chi connectivity index (χ0n) is 14.2. The molecule has 2 aromatic rings. The first kappa shape index (κ1) is 17.3. The number of carbonyl (C=O) groups is 2. The third kappa shape index (κ3) is 3.61. The first-order chi connectivity index (χ1) is 12.0. The summed E-state index contributed by atoms with van der Waals surface area (Å²) in [5.74, 6) is -0.0788. The van der Waals surface area contributed by atoms with E-state index in [1.54, 1.807) is 41.1 Å². The summed E-state index contributed by atoms with van der Waals surface area (Å²) < 4.78 is 0. The molecule has 1 aliphatic rings. The SMILES string of the molecule is CC(c1cccc(Cl)c1)N(C)C(=O)c1ccc(N2CCNC2=O)cc1. The lowest BCUT2D eigenvalue weighted by molar-refractivity contribution is 0.0742. The van der Waals surface area contributed by atoms with E-state index in [1.807, 2.05) is 31.2 Å². The Labute approximate surface area is 152 Å². The molecule has 1 unspecified atom stereocenters. The number of hydrogen-bond donors (Lipinski definition) is 1. The molecule has 1 fully saturated rings. The third-order valence-corrected chi connectivity index (χ3v) is 4.75. The minimum atomic E-state index is -0.106. The van der Waals surface area contributed by atoms with Crippen molar-refractivity contribution < 1.29 is 9.59 Å². The number of amides is 3. The largest absolute Gasteiger partial charge is 0.336 e. The summed E-state index contributed by atoms with van der Waals surface area (Å²) in [6.07, 6.45) is 0. The second-order valence-corrected chi connectivity index (χ2v) is 6.51. The Bertz CT molecular complexity index is 792. The van der Waals surface area contributed by atoms with E-state index in [0.29, 0.717) is 23.7 Å². The molecule has 0 radical (unpaired) electrons. The van der Waals surface area contributed by atoms with Crippen molar-refractivity contribution in [2.75, 3.05) is 25.0 Å². The summed E-state index contributed by atoms with van der Waals surface area (Å²) in [6.45, 7) is 3.24. The Balaban J connectivity index is 1.74. The predicted molar refractivity (Wildman–Crippen MR) is 99.1 cm³/mol. The quantitative estimate of drug-likeness (QED) is 0.907. The van der Waals surface area contributed by atoms with Crippen LogP contribution in [0.4, 0.5) is 10.5 Å². The fourth-order valence-electron chi connectivity index (χ4n) is 2.87. The number of urea groups is 1. The molecule has 5 nitrogen and oxygen atoms in total. The zero-order valence-corrected chi connectivity index (χ0v) is 15.0. The summed E-state index contributed by atoms with van der Waals surface area (Å²) in [7, 11) is 1.77. The van der Waals surface area contributed by atoms with Gasteiger partial charge >= 0.3 is 6.03 Å². The molecule has 1 aliphatic heterocycles. The van der Waals surface area contributed by atoms with E-state index in [-0.39, 0.29) is 18.0 Å². The molecule has 1 heterocycles. The van der Waals surface area contributed by atoms with Gasteiger partial charge in [0.1, 0.15) is 0 Å². The van der Waals surface area contributed by atoms with Gasteiger partial charge < -0.3 is 10.2 Å². The minimum absolute atomic E-state index is 0.0788. The number of nitrogens with one attached hydrogen (secondary N) is 1. The molecular weight excluding hydrogens is 338 g/mol. The minimum Gasteiger partial charge on any atom is -0.336 e. The standard InChI is InChI=1S/C19H20ClN3O2/c1-13(15-4-3-5-16(20)12-15)22(2)18(24)14-6-8-17(9-7-14)23-11-10-21-19(23)25/h3-9,12-13H,10-11H2,1-2H3,(H,21,25). The van der Waals surface area contributed by atoms with Gasteiger partial charge in [-0.25, -0.2) is 4.79 Å². The van der Waals surface area contributed by atoms with Gasteiger partial charge in [0.15, 0.2) is 0 Å². The summed E-state index contributed by atoms with van der Waals surface area (Å²) in [6, 6.07) is 14.4. The van der Waals surface area contributed by atoms with Crippen LogP contribution in [-0.2, 0) is 0 Å². The molecule has 0 spiro atoms. The van der Waals surface area contributed by atoms with Gasteiger partial charge in [-0.05, 0) is 48.9 Å². The molecule has 0 saturated carbocycles. The highest BCUT2D eigenvalue weighted by molar-refractivity contribution is 6.30. The van der Waals surface area contributed by atoms with Crippen LogP contribution in [0.5, 0.6) is 0 Å². The zero-order chi connectivity index (χ0) is 18.0. The lowest BCUT2D eigenvalue weighted by Crippen LogP contribution is -2.30. The smallest absolute Gasteiger partial charge is 0.321 e. The Morgan fingerprint density at radius 2 is 1.96 bits per heavy atom. The molecule has 3 rings (SSSR count). The van der Waals surface area contributed by atoms with Crippen molar-refractivity contribution in [1.82, 2.24) is 10.2 Å². The van der Waals surface area contributed by atoms with Gasteiger partial charge in [0.05, 0.1) is 6.04 Å². The highest BCUT2D eigenvalue weighted by Gasteiger charge is 2.22. The monoisotopic (exact) mass is 357 g/mol. The summed E-state index contributed by atoms with van der Waals surface area (Å²) in [5, 5.41) is 3.41. The highest BCUT2D eigenvalue weighted by Crippen LogP contribution is 2.24. The van der Waals surface area contributed by atoms with E-state index in [0.717, 1.165) is 11.3 Å². The number of halogens is 1. The fourth-order valence-corrected chi connectivity index (χ4v) is 3.07. The van der Waals surface area contributed by atoms with E-state index in [1.165, 1.54) is 0 Å². The maximum Gasteiger partial charge on any atom is 0.321 e. The van der Waals surface area contributed by atoms with E-state index >= 15 is 0 Å². The second kappa shape index (κ2) is 7.15. The van der Waals surface area contributed by atoms with E-state index in [9.17, 15) is 9.59 Å². The molecule has 1 atom stereocenters. The van der Waals surface area contributed by atoms with E-state index in [2.05, 4.69) is 5.32 Å². The molecule has 0 aliphatic carbocycles. The van der Waals surface area contributed by atoms with Gasteiger partial charge in [0, 0.05) is 36.4 Å². The Morgan fingerprint density at radius 3 is 2.56 bits per heavy atom. The molecule has 25 heavy (non-hydrogen) atoms. The first-order valence-corrected chi connectivity index (χ1v) is 8.53. The normalized spacial score (nSPS) is 15.0. The van der Waals surface area contributed by atoms with E-state index in [4.69, 9.17) is 11.6 Å². The van der Waals surface area contributed by atoms with Crippen LogP contribution in [0.1, 0.15) is 28.9 Å². The van der Waals surface area contributed by atoms with Gasteiger partial charge in [-0.3, -0.25) is 9.69 Å². The van der Waals surface area contributed by atoms with Gasteiger partial charge in [-0.1, -0.05) is 23.7 Å². The van der Waals surface area contributed by atoms with Gasteiger partial charge in [-0.2, -0.15) is 0 Å². The van der Waals surface area contributed by atoms with Crippen LogP contribution in [0, 0.1) is 0 Å². The maximum atomic E-state index is 12.7.